The van der Waals surface area contributed by atoms with Crippen molar-refractivity contribution < 1.29 is 18.0 Å². The van der Waals surface area contributed by atoms with Crippen molar-refractivity contribution in [2.75, 3.05) is 10.5 Å². The van der Waals surface area contributed by atoms with Crippen LogP contribution in [0.1, 0.15) is 32.2 Å². The number of hydrogen-bond acceptors (Lipinski definition) is 8. The van der Waals surface area contributed by atoms with Gasteiger partial charge in [0.25, 0.3) is 27.4 Å². The Morgan fingerprint density at radius 3 is 2.32 bits per heavy atom. The van der Waals surface area contributed by atoms with Crippen LogP contribution in [0.3, 0.4) is 0 Å². The molecule has 2 amide bonds. The number of carbonyl (C=O) groups is 2. The van der Waals surface area contributed by atoms with Gasteiger partial charge in [0.2, 0.25) is 0 Å². The van der Waals surface area contributed by atoms with Crippen LogP contribution in [0.5, 0.6) is 0 Å². The minimum absolute atomic E-state index is 0.0779. The van der Waals surface area contributed by atoms with Gasteiger partial charge in [-0.2, -0.15) is 0 Å². The molecular formula is C19H16N6O5S. The average Bonchev–Trinajstić information content (AvgIpc) is 2.94. The molecule has 0 unspecified atom stereocenters. The summed E-state index contributed by atoms with van der Waals surface area (Å²) in [7, 11) is -3.96. The molecule has 158 valence electrons. The van der Waals surface area contributed by atoms with Crippen LogP contribution < -0.4 is 21.3 Å². The second-order valence-electron chi connectivity index (χ2n) is 6.82. The molecule has 0 fully saturated rings. The topological polar surface area (TPSA) is 166 Å². The lowest BCUT2D eigenvalue weighted by atomic mass is 10.1. The van der Waals surface area contributed by atoms with Crippen LogP contribution in [-0.4, -0.2) is 34.8 Å². The predicted octanol–water partition coefficient (Wildman–Crippen LogP) is 0.511. The van der Waals surface area contributed by atoms with E-state index in [-0.39, 0.29) is 33.3 Å². The molecule has 0 atom stereocenters. The molecule has 2 aromatic heterocycles. The second-order valence-corrected chi connectivity index (χ2v) is 8.50. The normalized spacial score (nSPS) is 13.1. The summed E-state index contributed by atoms with van der Waals surface area (Å²) in [6, 6.07) is 7.80. The number of carbonyl (C=O) groups excluding carboxylic acids is 2. The Labute approximate surface area is 176 Å². The maximum Gasteiger partial charge on any atom is 0.263 e. The first kappa shape index (κ1) is 20.2. The Balaban J connectivity index is 1.71. The van der Waals surface area contributed by atoms with Gasteiger partial charge in [-0.15, -0.1) is 0 Å². The highest BCUT2D eigenvalue weighted by Crippen LogP contribution is 2.24. The molecule has 4 N–H and O–H groups in total. The van der Waals surface area contributed by atoms with Crippen molar-refractivity contribution in [3.05, 3.63) is 69.4 Å². The van der Waals surface area contributed by atoms with Crippen LogP contribution in [0, 0.1) is 13.8 Å². The van der Waals surface area contributed by atoms with E-state index in [0.29, 0.717) is 11.5 Å². The molecule has 11 nitrogen and oxygen atoms in total. The number of nitrogen functional groups attached to an aromatic ring is 1. The number of hydrogen-bond donors (Lipinski definition) is 3. The summed E-state index contributed by atoms with van der Waals surface area (Å²) in [6.07, 6.45) is 0. The summed E-state index contributed by atoms with van der Waals surface area (Å²) in [4.78, 5) is 44.3. The van der Waals surface area contributed by atoms with Crippen molar-refractivity contribution in [2.45, 2.75) is 18.7 Å². The minimum atomic E-state index is -3.96. The molecule has 1 aliphatic rings. The standard InChI is InChI=1S/C19H16N6O5S/c1-9-7-14(22-10(2)21-9)24-31(29,30)12-5-3-11(4-6-12)25-15(26)8-13-16(17(25)20)19(28)23-18(13)27/h3-8H,20H2,1-2H3,(H,21,22,24)(H,23,27,28). The molecule has 12 heteroatoms. The SMILES string of the molecule is Cc1cc(NS(=O)(=O)c2ccc(-n3c(N)c4c(cc3=O)C(=O)NC4=O)cc2)nc(C)n1. The van der Waals surface area contributed by atoms with Gasteiger partial charge in [-0.3, -0.25) is 29.0 Å². The third-order valence-electron chi connectivity index (χ3n) is 4.56. The number of aromatic nitrogens is 3. The molecule has 0 spiro atoms. The number of rotatable bonds is 4. The zero-order valence-corrected chi connectivity index (χ0v) is 17.1. The smallest absolute Gasteiger partial charge is 0.263 e. The summed E-state index contributed by atoms with van der Waals surface area (Å²) in [6.45, 7) is 3.36. The van der Waals surface area contributed by atoms with E-state index in [4.69, 9.17) is 5.73 Å². The third-order valence-corrected chi connectivity index (χ3v) is 5.93. The molecule has 1 aromatic carbocycles. The van der Waals surface area contributed by atoms with Gasteiger partial charge in [0.15, 0.2) is 0 Å². The van der Waals surface area contributed by atoms with Crippen LogP contribution in [0.2, 0.25) is 0 Å². The van der Waals surface area contributed by atoms with Gasteiger partial charge in [0, 0.05) is 17.8 Å². The van der Waals surface area contributed by atoms with E-state index in [9.17, 15) is 22.8 Å². The molecule has 0 saturated carbocycles. The lowest BCUT2D eigenvalue weighted by molar-refractivity contribution is 0.0880. The highest BCUT2D eigenvalue weighted by atomic mass is 32.2. The lowest BCUT2D eigenvalue weighted by Crippen LogP contribution is -2.24. The number of aryl methyl sites for hydroxylation is 2. The molecular weight excluding hydrogens is 424 g/mol. The number of fused-ring (bicyclic) bond motifs is 1. The maximum atomic E-state index is 12.7. The predicted molar refractivity (Wildman–Crippen MR) is 111 cm³/mol. The zero-order chi connectivity index (χ0) is 22.5. The molecule has 3 aromatic rings. The Bertz CT molecular complexity index is 1410. The van der Waals surface area contributed by atoms with Gasteiger partial charge in [-0.05, 0) is 38.1 Å². The number of nitrogens with two attached hydrogens (primary N) is 1. The van der Waals surface area contributed by atoms with Gasteiger partial charge in [0.05, 0.1) is 21.7 Å². The number of nitrogens with one attached hydrogen (secondary N) is 2. The molecule has 4 rings (SSSR count). The van der Waals surface area contributed by atoms with Crippen LogP contribution in [0.25, 0.3) is 5.69 Å². The fourth-order valence-corrected chi connectivity index (χ4v) is 4.28. The van der Waals surface area contributed by atoms with Crippen molar-refractivity contribution in [1.82, 2.24) is 19.9 Å². The number of nitrogens with zero attached hydrogens (tertiary/aromatic N) is 3. The number of amides is 2. The molecule has 1 aliphatic heterocycles. The number of pyridine rings is 1. The molecule has 0 saturated heterocycles. The van der Waals surface area contributed by atoms with E-state index in [1.807, 2.05) is 0 Å². The molecule has 0 aliphatic carbocycles. The van der Waals surface area contributed by atoms with E-state index in [0.717, 1.165) is 10.6 Å². The van der Waals surface area contributed by atoms with Gasteiger partial charge in [-0.1, -0.05) is 0 Å². The quantitative estimate of drug-likeness (QED) is 0.494. The number of anilines is 2. The zero-order valence-electron chi connectivity index (χ0n) is 16.3. The Morgan fingerprint density at radius 2 is 1.68 bits per heavy atom. The average molecular weight is 440 g/mol. The van der Waals surface area contributed by atoms with Crippen LogP contribution in [0.15, 0.2) is 46.1 Å². The van der Waals surface area contributed by atoms with Crippen LogP contribution in [-0.2, 0) is 10.0 Å². The highest BCUT2D eigenvalue weighted by Gasteiger charge is 2.31. The number of benzene rings is 1. The van der Waals surface area contributed by atoms with Crippen LogP contribution >= 0.6 is 0 Å². The van der Waals surface area contributed by atoms with E-state index in [1.54, 1.807) is 13.8 Å². The van der Waals surface area contributed by atoms with E-state index >= 15 is 0 Å². The first-order valence-corrected chi connectivity index (χ1v) is 10.4. The monoisotopic (exact) mass is 440 g/mol. The molecule has 0 radical (unpaired) electrons. The van der Waals surface area contributed by atoms with Crippen LogP contribution in [0.4, 0.5) is 11.6 Å². The summed E-state index contributed by atoms with van der Waals surface area (Å²) in [5.74, 6) is -1.07. The summed E-state index contributed by atoms with van der Waals surface area (Å²) >= 11 is 0. The van der Waals surface area contributed by atoms with Gasteiger partial charge in [-0.25, -0.2) is 18.4 Å². The van der Waals surface area contributed by atoms with Crippen molar-refractivity contribution in [1.29, 1.82) is 0 Å². The lowest BCUT2D eigenvalue weighted by Gasteiger charge is -2.13. The summed E-state index contributed by atoms with van der Waals surface area (Å²) in [5.41, 5.74) is 5.98. The highest BCUT2D eigenvalue weighted by molar-refractivity contribution is 7.92. The number of sulfonamides is 1. The van der Waals surface area contributed by atoms with Gasteiger partial charge >= 0.3 is 0 Å². The van der Waals surface area contributed by atoms with E-state index < -0.39 is 27.4 Å². The minimum Gasteiger partial charge on any atom is -0.384 e. The second kappa shape index (κ2) is 7.02. The Kier molecular flexibility index (Phi) is 4.58. The van der Waals surface area contributed by atoms with E-state index in [1.165, 1.54) is 30.3 Å². The number of imide groups is 1. The van der Waals surface area contributed by atoms with Crippen molar-refractivity contribution in [2.24, 2.45) is 0 Å². The molecule has 0 bridgehead atoms. The summed E-state index contributed by atoms with van der Waals surface area (Å²) in [5, 5.41) is 2.08. The maximum absolute atomic E-state index is 12.7. The molecule has 31 heavy (non-hydrogen) atoms. The Morgan fingerprint density at radius 1 is 1.00 bits per heavy atom. The Hall–Kier alpha value is -4.06. The van der Waals surface area contributed by atoms with Gasteiger partial charge < -0.3 is 5.73 Å². The fourth-order valence-electron chi connectivity index (χ4n) is 3.29. The fraction of sp³-hybridized carbons (Fsp3) is 0.105. The van der Waals surface area contributed by atoms with Crippen molar-refractivity contribution in [3.63, 3.8) is 0 Å². The molecule has 3 heterocycles. The van der Waals surface area contributed by atoms with Crippen molar-refractivity contribution >= 4 is 33.5 Å². The largest absolute Gasteiger partial charge is 0.384 e. The summed E-state index contributed by atoms with van der Waals surface area (Å²) < 4.78 is 28.8. The van der Waals surface area contributed by atoms with E-state index in [2.05, 4.69) is 20.0 Å². The van der Waals surface area contributed by atoms with Crippen molar-refractivity contribution in [3.8, 4) is 5.69 Å². The first-order chi connectivity index (χ1) is 14.6. The van der Waals surface area contributed by atoms with Gasteiger partial charge in [0.1, 0.15) is 17.5 Å². The third kappa shape index (κ3) is 3.53. The first-order valence-electron chi connectivity index (χ1n) is 8.93.